The number of carbonyl (C=O) groups is 1. The Bertz CT molecular complexity index is 193. The van der Waals surface area contributed by atoms with E-state index in [1.807, 2.05) is 4.90 Å². The summed E-state index contributed by atoms with van der Waals surface area (Å²) in [6.07, 6.45) is 4.94. The molecule has 1 fully saturated rings. The van der Waals surface area contributed by atoms with Gasteiger partial charge in [0.2, 0.25) is 5.91 Å². The second-order valence-electron chi connectivity index (χ2n) is 4.06. The maximum absolute atomic E-state index is 11.9. The summed E-state index contributed by atoms with van der Waals surface area (Å²) < 4.78 is 4.94. The summed E-state index contributed by atoms with van der Waals surface area (Å²) in [7, 11) is 1.66. The van der Waals surface area contributed by atoms with Crippen LogP contribution in [-0.4, -0.2) is 43.7 Å². The van der Waals surface area contributed by atoms with Crippen LogP contribution in [0, 0.1) is 0 Å². The predicted molar refractivity (Wildman–Crippen MR) is 59.5 cm³/mol. The number of nitrogens with zero attached hydrogens (tertiary/aromatic N) is 1. The number of amides is 1. The first-order valence-corrected chi connectivity index (χ1v) is 5.78. The van der Waals surface area contributed by atoms with Gasteiger partial charge in [0.25, 0.3) is 0 Å². The number of rotatable bonds is 7. The quantitative estimate of drug-likeness (QED) is 0.636. The van der Waals surface area contributed by atoms with Crippen molar-refractivity contribution in [2.75, 3.05) is 26.8 Å². The molecule has 0 saturated heterocycles. The average Bonchev–Trinajstić information content (AvgIpc) is 2.14. The van der Waals surface area contributed by atoms with Gasteiger partial charge in [0.05, 0.1) is 0 Å². The number of carbonyl (C=O) groups excluding carboxylic acids is 1. The Balaban J connectivity index is 2.29. The predicted octanol–water partition coefficient (Wildman–Crippen LogP) is 0.753. The van der Waals surface area contributed by atoms with Gasteiger partial charge in [0.1, 0.15) is 0 Å². The molecule has 2 N–H and O–H groups in total. The summed E-state index contributed by atoms with van der Waals surface area (Å²) in [6, 6.07) is 0.462. The topological polar surface area (TPSA) is 55.6 Å². The third-order valence-corrected chi connectivity index (χ3v) is 2.94. The maximum Gasteiger partial charge on any atom is 0.222 e. The number of methoxy groups -OCH3 is 1. The van der Waals surface area contributed by atoms with Gasteiger partial charge in [-0.05, 0) is 25.7 Å². The van der Waals surface area contributed by atoms with Gasteiger partial charge in [0, 0.05) is 39.3 Å². The zero-order chi connectivity index (χ0) is 11.1. The molecule has 0 bridgehead atoms. The summed E-state index contributed by atoms with van der Waals surface area (Å²) in [5.41, 5.74) is 5.52. The standard InChI is InChI=1S/C11H22N2O2/c1-15-9-3-6-11(14)13(8-7-12)10-4-2-5-10/h10H,2-9,12H2,1H3. The zero-order valence-corrected chi connectivity index (χ0v) is 9.58. The van der Waals surface area contributed by atoms with Crippen molar-refractivity contribution in [3.05, 3.63) is 0 Å². The van der Waals surface area contributed by atoms with Gasteiger partial charge in [-0.2, -0.15) is 0 Å². The summed E-state index contributed by atoms with van der Waals surface area (Å²) in [6.45, 7) is 1.93. The summed E-state index contributed by atoms with van der Waals surface area (Å²) in [5, 5.41) is 0. The number of hydrogen-bond acceptors (Lipinski definition) is 3. The van der Waals surface area contributed by atoms with Crippen LogP contribution in [0.2, 0.25) is 0 Å². The fourth-order valence-electron chi connectivity index (χ4n) is 1.86. The van der Waals surface area contributed by atoms with E-state index in [0.717, 1.165) is 19.3 Å². The number of nitrogens with two attached hydrogens (primary N) is 1. The van der Waals surface area contributed by atoms with Gasteiger partial charge < -0.3 is 15.4 Å². The minimum Gasteiger partial charge on any atom is -0.385 e. The lowest BCUT2D eigenvalue weighted by Gasteiger charge is -2.37. The number of ether oxygens (including phenoxy) is 1. The molecule has 1 aliphatic rings. The molecule has 0 aromatic heterocycles. The highest BCUT2D eigenvalue weighted by atomic mass is 16.5. The minimum absolute atomic E-state index is 0.238. The van der Waals surface area contributed by atoms with Crippen LogP contribution in [0.1, 0.15) is 32.1 Å². The highest BCUT2D eigenvalue weighted by molar-refractivity contribution is 5.76. The van der Waals surface area contributed by atoms with Crippen LogP contribution in [0.3, 0.4) is 0 Å². The molecule has 0 heterocycles. The van der Waals surface area contributed by atoms with Crippen molar-refractivity contribution < 1.29 is 9.53 Å². The smallest absolute Gasteiger partial charge is 0.222 e. The molecule has 0 atom stereocenters. The Labute approximate surface area is 91.8 Å². The molecule has 0 aromatic carbocycles. The Morgan fingerprint density at radius 3 is 2.73 bits per heavy atom. The molecule has 0 unspecified atom stereocenters. The molecule has 15 heavy (non-hydrogen) atoms. The van der Waals surface area contributed by atoms with E-state index in [1.54, 1.807) is 7.11 Å². The fourth-order valence-corrected chi connectivity index (χ4v) is 1.86. The molecule has 1 rings (SSSR count). The maximum atomic E-state index is 11.9. The van der Waals surface area contributed by atoms with E-state index in [9.17, 15) is 4.79 Å². The van der Waals surface area contributed by atoms with Gasteiger partial charge >= 0.3 is 0 Å². The van der Waals surface area contributed by atoms with Gasteiger partial charge in [-0.25, -0.2) is 0 Å². The lowest BCUT2D eigenvalue weighted by atomic mass is 9.91. The summed E-state index contributed by atoms with van der Waals surface area (Å²) >= 11 is 0. The first-order valence-electron chi connectivity index (χ1n) is 5.78. The highest BCUT2D eigenvalue weighted by Gasteiger charge is 2.27. The molecule has 0 aromatic rings. The molecule has 4 nitrogen and oxygen atoms in total. The first kappa shape index (κ1) is 12.5. The van der Waals surface area contributed by atoms with Gasteiger partial charge in [-0.3, -0.25) is 4.79 Å². The van der Waals surface area contributed by atoms with Crippen LogP contribution in [0.15, 0.2) is 0 Å². The SMILES string of the molecule is COCCCC(=O)N(CCN)C1CCC1. The van der Waals surface area contributed by atoms with Crippen LogP contribution < -0.4 is 5.73 Å². The van der Waals surface area contributed by atoms with Crippen molar-refractivity contribution in [3.63, 3.8) is 0 Å². The first-order chi connectivity index (χ1) is 7.29. The van der Waals surface area contributed by atoms with Crippen molar-refractivity contribution in [2.45, 2.75) is 38.1 Å². The summed E-state index contributed by atoms with van der Waals surface area (Å²) in [4.78, 5) is 13.8. The molecular formula is C11H22N2O2. The van der Waals surface area contributed by atoms with Crippen LogP contribution in [0.25, 0.3) is 0 Å². The third-order valence-electron chi connectivity index (χ3n) is 2.94. The van der Waals surface area contributed by atoms with E-state index in [-0.39, 0.29) is 5.91 Å². The van der Waals surface area contributed by atoms with Crippen LogP contribution in [0.5, 0.6) is 0 Å². The van der Waals surface area contributed by atoms with E-state index >= 15 is 0 Å². The third kappa shape index (κ3) is 3.80. The van der Waals surface area contributed by atoms with Gasteiger partial charge in [0.15, 0.2) is 0 Å². The van der Waals surface area contributed by atoms with Crippen molar-refractivity contribution in [1.29, 1.82) is 0 Å². The highest BCUT2D eigenvalue weighted by Crippen LogP contribution is 2.25. The molecule has 1 amide bonds. The summed E-state index contributed by atoms with van der Waals surface area (Å²) in [5.74, 6) is 0.238. The average molecular weight is 214 g/mol. The molecule has 1 saturated carbocycles. The van der Waals surface area contributed by atoms with Crippen molar-refractivity contribution in [1.82, 2.24) is 4.90 Å². The fraction of sp³-hybridized carbons (Fsp3) is 0.909. The molecule has 0 radical (unpaired) electrons. The van der Waals surface area contributed by atoms with Crippen molar-refractivity contribution in [3.8, 4) is 0 Å². The number of hydrogen-bond donors (Lipinski definition) is 1. The van der Waals surface area contributed by atoms with Crippen LogP contribution in [-0.2, 0) is 9.53 Å². The van der Waals surface area contributed by atoms with E-state index in [1.165, 1.54) is 6.42 Å². The van der Waals surface area contributed by atoms with E-state index in [0.29, 0.717) is 32.2 Å². The Morgan fingerprint density at radius 1 is 1.53 bits per heavy atom. The van der Waals surface area contributed by atoms with Crippen LogP contribution in [0.4, 0.5) is 0 Å². The normalized spacial score (nSPS) is 16.1. The molecule has 0 spiro atoms. The van der Waals surface area contributed by atoms with Crippen LogP contribution >= 0.6 is 0 Å². The van der Waals surface area contributed by atoms with Gasteiger partial charge in [-0.15, -0.1) is 0 Å². The Hall–Kier alpha value is -0.610. The zero-order valence-electron chi connectivity index (χ0n) is 9.58. The minimum atomic E-state index is 0.238. The van der Waals surface area contributed by atoms with E-state index in [2.05, 4.69) is 0 Å². The molecule has 4 heteroatoms. The largest absolute Gasteiger partial charge is 0.385 e. The van der Waals surface area contributed by atoms with Crippen molar-refractivity contribution >= 4 is 5.91 Å². The molecular weight excluding hydrogens is 192 g/mol. The van der Waals surface area contributed by atoms with Crippen molar-refractivity contribution in [2.24, 2.45) is 5.73 Å². The molecule has 88 valence electrons. The molecule has 0 aliphatic heterocycles. The Kier molecular flexibility index (Phi) is 5.65. The second-order valence-corrected chi connectivity index (χ2v) is 4.06. The van der Waals surface area contributed by atoms with E-state index < -0.39 is 0 Å². The lowest BCUT2D eigenvalue weighted by Crippen LogP contribution is -2.46. The van der Waals surface area contributed by atoms with Gasteiger partial charge in [-0.1, -0.05) is 0 Å². The lowest BCUT2D eigenvalue weighted by molar-refractivity contribution is -0.135. The van der Waals surface area contributed by atoms with E-state index in [4.69, 9.17) is 10.5 Å². The molecule has 1 aliphatic carbocycles. The monoisotopic (exact) mass is 214 g/mol. The Morgan fingerprint density at radius 2 is 2.27 bits per heavy atom. The second kappa shape index (κ2) is 6.80.